The molecule has 5 heteroatoms. The van der Waals surface area contributed by atoms with E-state index < -0.39 is 5.82 Å². The largest absolute Gasteiger partial charge is 0.337 e. The van der Waals surface area contributed by atoms with Gasteiger partial charge in [-0.2, -0.15) is 0 Å². The zero-order valence-corrected chi connectivity index (χ0v) is 13.3. The molecular weight excluding hydrogens is 309 g/mol. The van der Waals surface area contributed by atoms with Gasteiger partial charge in [0.05, 0.1) is 5.56 Å². The van der Waals surface area contributed by atoms with Gasteiger partial charge in [-0.15, -0.1) is 11.8 Å². The number of hydrogen-bond donors (Lipinski definition) is 0. The molecule has 1 amide bonds. The van der Waals surface area contributed by atoms with Gasteiger partial charge in [0, 0.05) is 23.5 Å². The Morgan fingerprint density at radius 2 is 1.90 bits per heavy atom. The van der Waals surface area contributed by atoms with Crippen LogP contribution in [0.1, 0.15) is 15.9 Å². The third kappa shape index (κ3) is 3.99. The summed E-state index contributed by atoms with van der Waals surface area (Å²) in [5, 5.41) is 0.345. The zero-order valence-electron chi connectivity index (χ0n) is 11.8. The summed E-state index contributed by atoms with van der Waals surface area (Å²) in [5.74, 6) is -0.946. The molecule has 2 aromatic carbocycles. The molecule has 0 unspecified atom stereocenters. The van der Waals surface area contributed by atoms with Gasteiger partial charge in [0.25, 0.3) is 5.91 Å². The summed E-state index contributed by atoms with van der Waals surface area (Å²) in [4.78, 5) is 14.9. The van der Waals surface area contributed by atoms with Crippen molar-refractivity contribution in [2.45, 2.75) is 11.4 Å². The molecular formula is C16H15ClFNOS. The van der Waals surface area contributed by atoms with E-state index in [4.69, 9.17) is 11.6 Å². The van der Waals surface area contributed by atoms with E-state index in [1.54, 1.807) is 18.8 Å². The van der Waals surface area contributed by atoms with Crippen LogP contribution in [0.2, 0.25) is 5.02 Å². The van der Waals surface area contributed by atoms with Crippen molar-refractivity contribution in [3.63, 3.8) is 0 Å². The molecule has 2 nitrogen and oxygen atoms in total. The lowest BCUT2D eigenvalue weighted by molar-refractivity contribution is 0.0780. The number of amides is 1. The van der Waals surface area contributed by atoms with E-state index >= 15 is 0 Å². The summed E-state index contributed by atoms with van der Waals surface area (Å²) in [7, 11) is 1.64. The van der Waals surface area contributed by atoms with Gasteiger partial charge < -0.3 is 4.90 Å². The number of carbonyl (C=O) groups excluding carboxylic acids is 1. The van der Waals surface area contributed by atoms with E-state index in [1.165, 1.54) is 23.1 Å². The van der Waals surface area contributed by atoms with Crippen molar-refractivity contribution < 1.29 is 9.18 Å². The molecule has 0 fully saturated rings. The van der Waals surface area contributed by atoms with Gasteiger partial charge in [-0.25, -0.2) is 4.39 Å². The maximum absolute atomic E-state index is 13.7. The minimum absolute atomic E-state index is 0.00858. The van der Waals surface area contributed by atoms with Crippen LogP contribution in [0, 0.1) is 5.82 Å². The number of benzene rings is 2. The molecule has 0 radical (unpaired) electrons. The van der Waals surface area contributed by atoms with E-state index in [2.05, 4.69) is 0 Å². The maximum atomic E-state index is 13.7. The topological polar surface area (TPSA) is 20.3 Å². The molecule has 0 aliphatic carbocycles. The molecule has 0 aromatic heterocycles. The van der Waals surface area contributed by atoms with E-state index in [1.807, 2.05) is 30.5 Å². The Hall–Kier alpha value is -1.52. The first-order valence-corrected chi connectivity index (χ1v) is 7.95. The zero-order chi connectivity index (χ0) is 15.4. The molecule has 0 spiro atoms. The smallest absolute Gasteiger partial charge is 0.256 e. The number of nitrogens with zero attached hydrogens (tertiary/aromatic N) is 1. The fraction of sp³-hybridized carbons (Fsp3) is 0.188. The van der Waals surface area contributed by atoms with E-state index in [0.717, 1.165) is 10.5 Å². The quantitative estimate of drug-likeness (QED) is 0.774. The Morgan fingerprint density at radius 1 is 1.24 bits per heavy atom. The summed E-state index contributed by atoms with van der Waals surface area (Å²) < 4.78 is 13.7. The second-order valence-electron chi connectivity index (χ2n) is 4.63. The molecule has 0 saturated heterocycles. The first-order valence-electron chi connectivity index (χ1n) is 6.34. The monoisotopic (exact) mass is 323 g/mol. The van der Waals surface area contributed by atoms with Crippen molar-refractivity contribution in [1.82, 2.24) is 4.90 Å². The summed E-state index contributed by atoms with van der Waals surface area (Å²) in [6, 6.07) is 11.9. The summed E-state index contributed by atoms with van der Waals surface area (Å²) in [5.41, 5.74) is 0.983. The second-order valence-corrected chi connectivity index (χ2v) is 5.95. The van der Waals surface area contributed by atoms with Crippen molar-refractivity contribution >= 4 is 29.3 Å². The standard InChI is InChI=1S/C16H15ClFNOS/c1-19(10-11-3-6-13(21-2)7-4-11)16(20)14-9-12(17)5-8-15(14)18/h3-9H,10H2,1-2H3. The molecule has 0 N–H and O–H groups in total. The molecule has 0 heterocycles. The molecule has 0 saturated carbocycles. The van der Waals surface area contributed by atoms with Crippen molar-refractivity contribution in [3.05, 3.63) is 64.4 Å². The predicted molar refractivity (Wildman–Crippen MR) is 85.4 cm³/mol. The number of carbonyl (C=O) groups is 1. The van der Waals surface area contributed by atoms with Crippen LogP contribution in [0.15, 0.2) is 47.4 Å². The molecule has 2 rings (SSSR count). The highest BCUT2D eigenvalue weighted by Crippen LogP contribution is 2.19. The summed E-state index contributed by atoms with van der Waals surface area (Å²) in [6.45, 7) is 0.416. The van der Waals surface area contributed by atoms with Crippen LogP contribution >= 0.6 is 23.4 Å². The summed E-state index contributed by atoms with van der Waals surface area (Å²) >= 11 is 7.48. The number of hydrogen-bond acceptors (Lipinski definition) is 2. The van der Waals surface area contributed by atoms with Crippen LogP contribution in [0.25, 0.3) is 0 Å². The third-order valence-electron chi connectivity index (χ3n) is 3.08. The van der Waals surface area contributed by atoms with Crippen LogP contribution in [0.4, 0.5) is 4.39 Å². The lowest BCUT2D eigenvalue weighted by Crippen LogP contribution is -2.27. The van der Waals surface area contributed by atoms with Gasteiger partial charge in [-0.05, 0) is 42.2 Å². The van der Waals surface area contributed by atoms with E-state index in [-0.39, 0.29) is 11.5 Å². The van der Waals surface area contributed by atoms with Gasteiger partial charge in [0.1, 0.15) is 5.82 Å². The lowest BCUT2D eigenvalue weighted by Gasteiger charge is -2.18. The van der Waals surface area contributed by atoms with Crippen LogP contribution in [-0.4, -0.2) is 24.1 Å². The van der Waals surface area contributed by atoms with Gasteiger partial charge in [-0.3, -0.25) is 4.79 Å². The van der Waals surface area contributed by atoms with Gasteiger partial charge in [-0.1, -0.05) is 23.7 Å². The van der Waals surface area contributed by atoms with Crippen LogP contribution in [-0.2, 0) is 6.54 Å². The Balaban J connectivity index is 2.13. The highest BCUT2D eigenvalue weighted by Gasteiger charge is 2.16. The Labute approximate surface area is 132 Å². The molecule has 0 atom stereocenters. The van der Waals surface area contributed by atoms with Gasteiger partial charge in [0.15, 0.2) is 0 Å². The first-order chi connectivity index (χ1) is 10.0. The number of halogens is 2. The molecule has 21 heavy (non-hydrogen) atoms. The fourth-order valence-corrected chi connectivity index (χ4v) is 2.52. The lowest BCUT2D eigenvalue weighted by atomic mass is 10.1. The number of thioether (sulfide) groups is 1. The SMILES string of the molecule is CSc1ccc(CN(C)C(=O)c2cc(Cl)ccc2F)cc1. The Kier molecular flexibility index (Phi) is 5.26. The minimum atomic E-state index is -0.561. The van der Waals surface area contributed by atoms with Gasteiger partial charge >= 0.3 is 0 Å². The van der Waals surface area contributed by atoms with Crippen LogP contribution in [0.3, 0.4) is 0 Å². The maximum Gasteiger partial charge on any atom is 0.256 e. The molecule has 0 aliphatic rings. The van der Waals surface area contributed by atoms with Crippen molar-refractivity contribution in [2.24, 2.45) is 0 Å². The number of rotatable bonds is 4. The predicted octanol–water partition coefficient (Wildman–Crippen LogP) is 4.47. The minimum Gasteiger partial charge on any atom is -0.337 e. The normalized spacial score (nSPS) is 10.5. The third-order valence-corrected chi connectivity index (χ3v) is 4.06. The Bertz CT molecular complexity index is 645. The molecule has 110 valence electrons. The second kappa shape index (κ2) is 6.96. The summed E-state index contributed by atoms with van der Waals surface area (Å²) in [6.07, 6.45) is 2.01. The van der Waals surface area contributed by atoms with Crippen molar-refractivity contribution in [2.75, 3.05) is 13.3 Å². The molecule has 0 bridgehead atoms. The van der Waals surface area contributed by atoms with Crippen LogP contribution in [0.5, 0.6) is 0 Å². The Morgan fingerprint density at radius 3 is 2.52 bits per heavy atom. The van der Waals surface area contributed by atoms with Crippen LogP contribution < -0.4 is 0 Å². The highest BCUT2D eigenvalue weighted by atomic mass is 35.5. The average molecular weight is 324 g/mol. The van der Waals surface area contributed by atoms with Crippen molar-refractivity contribution in [1.29, 1.82) is 0 Å². The van der Waals surface area contributed by atoms with E-state index in [9.17, 15) is 9.18 Å². The van der Waals surface area contributed by atoms with E-state index in [0.29, 0.717) is 11.6 Å². The average Bonchev–Trinajstić information content (AvgIpc) is 2.49. The fourth-order valence-electron chi connectivity index (χ4n) is 1.94. The molecule has 0 aliphatic heterocycles. The van der Waals surface area contributed by atoms with Gasteiger partial charge in [0.2, 0.25) is 0 Å². The molecule has 2 aromatic rings. The van der Waals surface area contributed by atoms with Crippen molar-refractivity contribution in [3.8, 4) is 0 Å². The first kappa shape index (κ1) is 15.9. The highest BCUT2D eigenvalue weighted by molar-refractivity contribution is 7.98.